The molecule has 0 aliphatic rings. The van der Waals surface area contributed by atoms with E-state index in [0.717, 1.165) is 29.0 Å². The second-order valence-electron chi connectivity index (χ2n) is 4.18. The van der Waals surface area contributed by atoms with Crippen LogP contribution in [0.25, 0.3) is 11.0 Å². The lowest BCUT2D eigenvalue weighted by atomic mass is 10.2. The van der Waals surface area contributed by atoms with Crippen LogP contribution in [0, 0.1) is 6.92 Å². The Morgan fingerprint density at radius 2 is 2.12 bits per heavy atom. The van der Waals surface area contributed by atoms with E-state index in [4.69, 9.17) is 9.15 Å². The van der Waals surface area contributed by atoms with Crippen LogP contribution in [-0.2, 0) is 0 Å². The molecule has 0 aliphatic carbocycles. The third-order valence-corrected chi connectivity index (χ3v) is 2.43. The van der Waals surface area contributed by atoms with Crippen molar-refractivity contribution in [2.45, 2.75) is 6.92 Å². The maximum Gasteiger partial charge on any atom is 0.176 e. The molecule has 2 rings (SSSR count). The van der Waals surface area contributed by atoms with Crippen molar-refractivity contribution >= 4 is 11.0 Å². The van der Waals surface area contributed by atoms with Crippen LogP contribution in [0.4, 0.5) is 0 Å². The van der Waals surface area contributed by atoms with Gasteiger partial charge in [0.25, 0.3) is 0 Å². The molecular formula is C13H17NO2. The van der Waals surface area contributed by atoms with Gasteiger partial charge in [0.15, 0.2) is 11.3 Å². The molecule has 0 amide bonds. The van der Waals surface area contributed by atoms with Crippen molar-refractivity contribution in [3.8, 4) is 5.75 Å². The lowest BCUT2D eigenvalue weighted by molar-refractivity contribution is 0.261. The predicted octanol–water partition coefficient (Wildman–Crippen LogP) is 2.68. The highest BCUT2D eigenvalue weighted by atomic mass is 16.5. The normalized spacial score (nSPS) is 11.2. The molecule has 3 heteroatoms. The van der Waals surface area contributed by atoms with Gasteiger partial charge in [0.1, 0.15) is 12.4 Å². The molecule has 0 saturated carbocycles. The van der Waals surface area contributed by atoms with Crippen LogP contribution in [0.15, 0.2) is 28.7 Å². The first-order valence-electron chi connectivity index (χ1n) is 5.43. The monoisotopic (exact) mass is 219 g/mol. The summed E-state index contributed by atoms with van der Waals surface area (Å²) in [5.74, 6) is 1.74. The fraction of sp³-hybridized carbons (Fsp3) is 0.385. The number of hydrogen-bond donors (Lipinski definition) is 0. The minimum atomic E-state index is 0.672. The number of rotatable bonds is 4. The Labute approximate surface area is 95.6 Å². The maximum absolute atomic E-state index is 5.71. The standard InChI is InChI=1S/C13H17NO2/c1-10-9-11-5-4-6-12(13(11)16-10)15-8-7-14(2)3/h4-6,9H,7-8H2,1-3H3. The number of ether oxygens (including phenoxy) is 1. The number of fused-ring (bicyclic) bond motifs is 1. The predicted molar refractivity (Wildman–Crippen MR) is 65.0 cm³/mol. The fourth-order valence-electron chi connectivity index (χ4n) is 1.62. The third-order valence-electron chi connectivity index (χ3n) is 2.43. The van der Waals surface area contributed by atoms with Crippen LogP contribution < -0.4 is 4.74 Å². The minimum absolute atomic E-state index is 0.672. The molecule has 0 bridgehead atoms. The van der Waals surface area contributed by atoms with Gasteiger partial charge in [-0.1, -0.05) is 12.1 Å². The molecule has 1 heterocycles. The van der Waals surface area contributed by atoms with Gasteiger partial charge in [0.2, 0.25) is 0 Å². The first-order valence-corrected chi connectivity index (χ1v) is 5.43. The van der Waals surface area contributed by atoms with Gasteiger partial charge in [-0.25, -0.2) is 0 Å². The number of hydrogen-bond acceptors (Lipinski definition) is 3. The Morgan fingerprint density at radius 1 is 1.31 bits per heavy atom. The average Bonchev–Trinajstić information content (AvgIpc) is 2.58. The summed E-state index contributed by atoms with van der Waals surface area (Å²) in [5, 5.41) is 1.10. The zero-order valence-electron chi connectivity index (χ0n) is 9.99. The van der Waals surface area contributed by atoms with Gasteiger partial charge in [0, 0.05) is 11.9 Å². The summed E-state index contributed by atoms with van der Waals surface area (Å²) in [6.45, 7) is 3.52. The van der Waals surface area contributed by atoms with E-state index in [1.165, 1.54) is 0 Å². The average molecular weight is 219 g/mol. The van der Waals surface area contributed by atoms with E-state index in [9.17, 15) is 0 Å². The molecular weight excluding hydrogens is 202 g/mol. The molecule has 16 heavy (non-hydrogen) atoms. The van der Waals surface area contributed by atoms with Gasteiger partial charge in [-0.2, -0.15) is 0 Å². The van der Waals surface area contributed by atoms with E-state index in [1.807, 2.05) is 45.3 Å². The zero-order chi connectivity index (χ0) is 11.5. The SMILES string of the molecule is Cc1cc2cccc(OCCN(C)C)c2o1. The van der Waals surface area contributed by atoms with Gasteiger partial charge >= 0.3 is 0 Å². The molecule has 2 aromatic rings. The van der Waals surface area contributed by atoms with Crippen LogP contribution in [0.2, 0.25) is 0 Å². The molecule has 0 unspecified atom stereocenters. The van der Waals surface area contributed by atoms with Crippen molar-refractivity contribution in [2.75, 3.05) is 27.2 Å². The molecule has 0 spiro atoms. The van der Waals surface area contributed by atoms with Crippen LogP contribution in [0.3, 0.4) is 0 Å². The van der Waals surface area contributed by atoms with Crippen LogP contribution >= 0.6 is 0 Å². The smallest absolute Gasteiger partial charge is 0.176 e. The Balaban J connectivity index is 2.17. The first kappa shape index (κ1) is 11.0. The van der Waals surface area contributed by atoms with Crippen molar-refractivity contribution in [3.63, 3.8) is 0 Å². The third kappa shape index (κ3) is 2.36. The molecule has 0 radical (unpaired) electrons. The Bertz CT molecular complexity index is 474. The number of benzene rings is 1. The van der Waals surface area contributed by atoms with E-state index in [-0.39, 0.29) is 0 Å². The molecule has 1 aromatic heterocycles. The van der Waals surface area contributed by atoms with Gasteiger partial charge in [-0.05, 0) is 33.2 Å². The highest BCUT2D eigenvalue weighted by Crippen LogP contribution is 2.28. The maximum atomic E-state index is 5.71. The Morgan fingerprint density at radius 3 is 2.88 bits per heavy atom. The highest BCUT2D eigenvalue weighted by Gasteiger charge is 2.06. The molecule has 3 nitrogen and oxygen atoms in total. The van der Waals surface area contributed by atoms with Crippen molar-refractivity contribution in [3.05, 3.63) is 30.0 Å². The summed E-state index contributed by atoms with van der Waals surface area (Å²) in [4.78, 5) is 2.09. The Kier molecular flexibility index (Phi) is 3.15. The van der Waals surface area contributed by atoms with E-state index in [1.54, 1.807) is 0 Å². The summed E-state index contributed by atoms with van der Waals surface area (Å²) in [6.07, 6.45) is 0. The summed E-state index contributed by atoms with van der Waals surface area (Å²) in [6, 6.07) is 7.99. The number of para-hydroxylation sites is 1. The molecule has 86 valence electrons. The summed E-state index contributed by atoms with van der Waals surface area (Å²) in [5.41, 5.74) is 0.846. The van der Waals surface area contributed by atoms with Crippen molar-refractivity contribution in [2.24, 2.45) is 0 Å². The largest absolute Gasteiger partial charge is 0.488 e. The van der Waals surface area contributed by atoms with Crippen molar-refractivity contribution in [1.82, 2.24) is 4.90 Å². The second-order valence-corrected chi connectivity index (χ2v) is 4.18. The number of nitrogens with zero attached hydrogens (tertiary/aromatic N) is 1. The number of likely N-dealkylation sites (N-methyl/N-ethyl adjacent to an activating group) is 1. The summed E-state index contributed by atoms with van der Waals surface area (Å²) >= 11 is 0. The van der Waals surface area contributed by atoms with Crippen LogP contribution in [0.1, 0.15) is 5.76 Å². The van der Waals surface area contributed by atoms with E-state index in [2.05, 4.69) is 4.90 Å². The van der Waals surface area contributed by atoms with Gasteiger partial charge in [0.05, 0.1) is 0 Å². The van der Waals surface area contributed by atoms with Gasteiger partial charge < -0.3 is 14.1 Å². The number of furan rings is 1. The molecule has 0 N–H and O–H groups in total. The topological polar surface area (TPSA) is 25.6 Å². The zero-order valence-corrected chi connectivity index (χ0v) is 9.99. The van der Waals surface area contributed by atoms with Crippen LogP contribution in [0.5, 0.6) is 5.75 Å². The van der Waals surface area contributed by atoms with E-state index < -0.39 is 0 Å². The summed E-state index contributed by atoms with van der Waals surface area (Å²) in [7, 11) is 4.06. The number of aryl methyl sites for hydroxylation is 1. The molecule has 0 atom stereocenters. The lowest BCUT2D eigenvalue weighted by Crippen LogP contribution is -2.19. The minimum Gasteiger partial charge on any atom is -0.488 e. The van der Waals surface area contributed by atoms with Gasteiger partial charge in [-0.15, -0.1) is 0 Å². The van der Waals surface area contributed by atoms with Crippen molar-refractivity contribution in [1.29, 1.82) is 0 Å². The molecule has 0 aliphatic heterocycles. The lowest BCUT2D eigenvalue weighted by Gasteiger charge is -2.10. The van der Waals surface area contributed by atoms with E-state index >= 15 is 0 Å². The van der Waals surface area contributed by atoms with Crippen molar-refractivity contribution < 1.29 is 9.15 Å². The highest BCUT2D eigenvalue weighted by molar-refractivity contribution is 5.83. The fourth-order valence-corrected chi connectivity index (χ4v) is 1.62. The molecule has 0 saturated heterocycles. The van der Waals surface area contributed by atoms with Gasteiger partial charge in [-0.3, -0.25) is 0 Å². The second kappa shape index (κ2) is 4.58. The molecule has 1 aromatic carbocycles. The van der Waals surface area contributed by atoms with E-state index in [0.29, 0.717) is 6.61 Å². The molecule has 0 fully saturated rings. The summed E-state index contributed by atoms with van der Waals surface area (Å²) < 4.78 is 11.3. The first-order chi connectivity index (χ1) is 7.66. The van der Waals surface area contributed by atoms with Crippen LogP contribution in [-0.4, -0.2) is 32.1 Å². The Hall–Kier alpha value is -1.48. The quantitative estimate of drug-likeness (QED) is 0.790.